The van der Waals surface area contributed by atoms with E-state index in [9.17, 15) is 4.79 Å². The fourth-order valence-electron chi connectivity index (χ4n) is 5.22. The van der Waals surface area contributed by atoms with Crippen molar-refractivity contribution in [3.63, 3.8) is 0 Å². The lowest BCUT2D eigenvalue weighted by atomic mass is 9.49. The van der Waals surface area contributed by atoms with Crippen molar-refractivity contribution < 1.29 is 14.4 Å². The number of nitrogens with zero attached hydrogens (tertiary/aromatic N) is 1. The molecule has 102 valence electrons. The molecule has 0 radical (unpaired) electrons. The smallest absolute Gasteiger partial charge is 0.360 e. The molecule has 1 aromatic rings. The molecule has 19 heavy (non-hydrogen) atoms. The molecule has 0 unspecified atom stereocenters. The number of carbonyl (C=O) groups is 1. The Morgan fingerprint density at radius 3 is 2.16 bits per heavy atom. The predicted molar refractivity (Wildman–Crippen MR) is 67.7 cm³/mol. The van der Waals surface area contributed by atoms with Gasteiger partial charge < -0.3 is 15.4 Å². The van der Waals surface area contributed by atoms with E-state index in [2.05, 4.69) is 5.16 Å². The summed E-state index contributed by atoms with van der Waals surface area (Å²) in [4.78, 5) is 11.1. The molecule has 0 atom stereocenters. The maximum Gasteiger partial charge on any atom is 0.360 e. The Balaban J connectivity index is 1.77. The summed E-state index contributed by atoms with van der Waals surface area (Å²) in [6.07, 6.45) is 7.28. The van der Waals surface area contributed by atoms with E-state index in [0.717, 1.165) is 37.0 Å². The number of aromatic nitrogens is 1. The molecule has 0 aromatic carbocycles. The van der Waals surface area contributed by atoms with Gasteiger partial charge in [-0.1, -0.05) is 5.16 Å². The van der Waals surface area contributed by atoms with Gasteiger partial charge in [0.05, 0.1) is 0 Å². The highest BCUT2D eigenvalue weighted by Crippen LogP contribution is 2.61. The normalized spacial score (nSPS) is 39.7. The Morgan fingerprint density at radius 1 is 1.21 bits per heavy atom. The van der Waals surface area contributed by atoms with Crippen molar-refractivity contribution in [1.82, 2.24) is 5.16 Å². The Kier molecular flexibility index (Phi) is 2.10. The molecule has 1 heterocycles. The molecule has 0 aliphatic heterocycles. The first-order chi connectivity index (χ1) is 9.07. The predicted octanol–water partition coefficient (Wildman–Crippen LogP) is 2.42. The first-order valence-corrected chi connectivity index (χ1v) is 7.06. The summed E-state index contributed by atoms with van der Waals surface area (Å²) < 4.78 is 5.39. The third kappa shape index (κ3) is 1.47. The Bertz CT molecular complexity index is 514. The van der Waals surface area contributed by atoms with Gasteiger partial charge in [-0.2, -0.15) is 0 Å². The Labute approximate surface area is 111 Å². The lowest BCUT2D eigenvalue weighted by molar-refractivity contribution is -0.0171. The van der Waals surface area contributed by atoms with Crippen LogP contribution >= 0.6 is 0 Å². The number of nitrogens with two attached hydrogens (primary N) is 1. The monoisotopic (exact) mass is 262 g/mol. The van der Waals surface area contributed by atoms with Crippen LogP contribution in [-0.2, 0) is 5.41 Å². The molecule has 4 aliphatic carbocycles. The SMILES string of the molecule is Nc1c(C(=O)O)noc1C12CC3CC(CC(C3)C1)C2. The Morgan fingerprint density at radius 2 is 1.74 bits per heavy atom. The third-order valence-electron chi connectivity index (χ3n) is 5.45. The van der Waals surface area contributed by atoms with Crippen molar-refractivity contribution in [2.75, 3.05) is 5.73 Å². The van der Waals surface area contributed by atoms with Gasteiger partial charge in [0, 0.05) is 5.41 Å². The molecule has 4 saturated carbocycles. The minimum atomic E-state index is -1.10. The van der Waals surface area contributed by atoms with E-state index < -0.39 is 5.97 Å². The summed E-state index contributed by atoms with van der Waals surface area (Å²) in [5.74, 6) is 1.86. The second kappa shape index (κ2) is 3.52. The van der Waals surface area contributed by atoms with Gasteiger partial charge in [0.25, 0.3) is 0 Å². The number of carboxylic acids is 1. The van der Waals surface area contributed by atoms with Gasteiger partial charge in [-0.3, -0.25) is 0 Å². The van der Waals surface area contributed by atoms with Crippen LogP contribution in [0.15, 0.2) is 4.52 Å². The highest BCUT2D eigenvalue weighted by atomic mass is 16.5. The molecule has 0 amide bonds. The van der Waals surface area contributed by atoms with E-state index >= 15 is 0 Å². The fourth-order valence-corrected chi connectivity index (χ4v) is 5.22. The van der Waals surface area contributed by atoms with Crippen LogP contribution in [0.2, 0.25) is 0 Å². The minimum Gasteiger partial charge on any atom is -0.476 e. The molecule has 0 saturated heterocycles. The highest BCUT2D eigenvalue weighted by Gasteiger charge is 2.54. The van der Waals surface area contributed by atoms with Crippen molar-refractivity contribution in [2.45, 2.75) is 43.9 Å². The van der Waals surface area contributed by atoms with E-state index in [1.807, 2.05) is 0 Å². The second-order valence-corrected chi connectivity index (χ2v) is 6.78. The fraction of sp³-hybridized carbons (Fsp3) is 0.714. The summed E-state index contributed by atoms with van der Waals surface area (Å²) >= 11 is 0. The third-order valence-corrected chi connectivity index (χ3v) is 5.45. The van der Waals surface area contributed by atoms with E-state index in [-0.39, 0.29) is 16.8 Å². The van der Waals surface area contributed by atoms with Gasteiger partial charge >= 0.3 is 5.97 Å². The number of carboxylic acid groups (broad SMARTS) is 1. The molecule has 4 fully saturated rings. The van der Waals surface area contributed by atoms with Gasteiger partial charge in [-0.05, 0) is 56.3 Å². The quantitative estimate of drug-likeness (QED) is 0.854. The van der Waals surface area contributed by atoms with Crippen LogP contribution in [0.25, 0.3) is 0 Å². The van der Waals surface area contributed by atoms with E-state index in [1.54, 1.807) is 0 Å². The van der Waals surface area contributed by atoms with Crippen molar-refractivity contribution >= 4 is 11.7 Å². The topological polar surface area (TPSA) is 89.4 Å². The zero-order valence-corrected chi connectivity index (χ0v) is 10.8. The largest absolute Gasteiger partial charge is 0.476 e. The number of rotatable bonds is 2. The molecule has 0 spiro atoms. The van der Waals surface area contributed by atoms with Gasteiger partial charge in [0.15, 0.2) is 5.76 Å². The number of nitrogen functional groups attached to an aromatic ring is 1. The highest BCUT2D eigenvalue weighted by molar-refractivity contribution is 5.91. The first kappa shape index (κ1) is 11.3. The number of aromatic carboxylic acids is 1. The number of anilines is 1. The average molecular weight is 262 g/mol. The molecule has 5 heteroatoms. The van der Waals surface area contributed by atoms with Gasteiger partial charge in [0.1, 0.15) is 5.69 Å². The van der Waals surface area contributed by atoms with Gasteiger partial charge in [-0.15, -0.1) is 0 Å². The molecule has 4 bridgehead atoms. The Hall–Kier alpha value is -1.52. The summed E-state index contributed by atoms with van der Waals surface area (Å²) in [6, 6.07) is 0. The van der Waals surface area contributed by atoms with Gasteiger partial charge in [0.2, 0.25) is 5.69 Å². The maximum absolute atomic E-state index is 11.1. The maximum atomic E-state index is 11.1. The molecule has 5 nitrogen and oxygen atoms in total. The zero-order valence-electron chi connectivity index (χ0n) is 10.8. The van der Waals surface area contributed by atoms with Crippen LogP contribution in [0.1, 0.15) is 54.8 Å². The lowest BCUT2D eigenvalue weighted by Gasteiger charge is -2.55. The summed E-state index contributed by atoms with van der Waals surface area (Å²) in [6.45, 7) is 0. The summed E-state index contributed by atoms with van der Waals surface area (Å²) in [5, 5.41) is 12.7. The van der Waals surface area contributed by atoms with E-state index in [0.29, 0.717) is 5.76 Å². The number of hydrogen-bond acceptors (Lipinski definition) is 4. The van der Waals surface area contributed by atoms with Crippen LogP contribution in [0, 0.1) is 17.8 Å². The lowest BCUT2D eigenvalue weighted by Crippen LogP contribution is -2.48. The second-order valence-electron chi connectivity index (χ2n) is 6.78. The molecule has 3 N–H and O–H groups in total. The summed E-state index contributed by atoms with van der Waals surface area (Å²) in [7, 11) is 0. The average Bonchev–Trinajstić information content (AvgIpc) is 2.69. The summed E-state index contributed by atoms with van der Waals surface area (Å²) in [5.41, 5.74) is 6.10. The van der Waals surface area contributed by atoms with E-state index in [4.69, 9.17) is 15.4 Å². The zero-order chi connectivity index (χ0) is 13.2. The van der Waals surface area contributed by atoms with Crippen LogP contribution in [0.5, 0.6) is 0 Å². The minimum absolute atomic E-state index is 0.0282. The van der Waals surface area contributed by atoms with Crippen molar-refractivity contribution in [3.05, 3.63) is 11.5 Å². The van der Waals surface area contributed by atoms with Crippen LogP contribution in [-0.4, -0.2) is 16.2 Å². The van der Waals surface area contributed by atoms with Crippen LogP contribution in [0.4, 0.5) is 5.69 Å². The van der Waals surface area contributed by atoms with E-state index in [1.165, 1.54) is 19.3 Å². The molecule has 4 aliphatic rings. The van der Waals surface area contributed by atoms with Crippen LogP contribution < -0.4 is 5.73 Å². The molecular weight excluding hydrogens is 244 g/mol. The van der Waals surface area contributed by atoms with Crippen molar-refractivity contribution in [3.8, 4) is 0 Å². The first-order valence-electron chi connectivity index (χ1n) is 7.06. The van der Waals surface area contributed by atoms with Gasteiger partial charge in [-0.25, -0.2) is 4.79 Å². The van der Waals surface area contributed by atoms with Crippen molar-refractivity contribution in [2.24, 2.45) is 17.8 Å². The molecular formula is C14H18N2O3. The number of hydrogen-bond donors (Lipinski definition) is 2. The standard InChI is InChI=1S/C14H18N2O3/c15-10-11(13(17)18)16-19-12(10)14-4-7-1-8(5-14)3-9(2-7)6-14/h7-9H,1-6,15H2,(H,17,18). The molecule has 1 aromatic heterocycles. The van der Waals surface area contributed by atoms with Crippen molar-refractivity contribution in [1.29, 1.82) is 0 Å². The molecule has 5 rings (SSSR count). The van der Waals surface area contributed by atoms with Crippen LogP contribution in [0.3, 0.4) is 0 Å².